The number of nitrogens with zero attached hydrogens (tertiary/aromatic N) is 3. The summed E-state index contributed by atoms with van der Waals surface area (Å²) in [6, 6.07) is 2.53. The maximum absolute atomic E-state index is 6.27. The first-order valence-electron chi connectivity index (χ1n) is 7.01. The summed E-state index contributed by atoms with van der Waals surface area (Å²) < 4.78 is 0. The first-order valence-corrected chi connectivity index (χ1v) is 7.39. The molecule has 2 aliphatic rings. The number of anilines is 2. The molecule has 19 heavy (non-hydrogen) atoms. The molecule has 5 heteroatoms. The van der Waals surface area contributed by atoms with Crippen LogP contribution in [0.1, 0.15) is 19.3 Å². The molecule has 2 aliphatic heterocycles. The summed E-state index contributed by atoms with van der Waals surface area (Å²) in [5.74, 6) is 1.63. The van der Waals surface area contributed by atoms with Crippen LogP contribution in [0.15, 0.2) is 12.3 Å². The number of pyridine rings is 1. The van der Waals surface area contributed by atoms with Crippen LogP contribution in [0.4, 0.5) is 11.5 Å². The molecule has 0 radical (unpaired) electrons. The first kappa shape index (κ1) is 13.0. The predicted molar refractivity (Wildman–Crippen MR) is 79.6 cm³/mol. The summed E-state index contributed by atoms with van der Waals surface area (Å²) in [6.45, 7) is 3.33. The number of fused-ring (bicyclic) bond motifs is 1. The third kappa shape index (κ3) is 2.51. The van der Waals surface area contributed by atoms with Gasteiger partial charge in [-0.1, -0.05) is 11.6 Å². The van der Waals surface area contributed by atoms with E-state index in [-0.39, 0.29) is 0 Å². The molecule has 2 unspecified atom stereocenters. The van der Waals surface area contributed by atoms with E-state index in [9.17, 15) is 0 Å². The van der Waals surface area contributed by atoms with E-state index in [0.29, 0.717) is 10.7 Å². The lowest BCUT2D eigenvalue weighted by molar-refractivity contribution is 0.102. The van der Waals surface area contributed by atoms with Crippen LogP contribution in [0.5, 0.6) is 0 Å². The van der Waals surface area contributed by atoms with Gasteiger partial charge in [0.05, 0.1) is 16.9 Å². The molecular formula is C14H21ClN4. The summed E-state index contributed by atoms with van der Waals surface area (Å²) >= 11 is 6.27. The Bertz CT molecular complexity index is 465. The van der Waals surface area contributed by atoms with Crippen LogP contribution in [0.2, 0.25) is 5.02 Å². The van der Waals surface area contributed by atoms with Gasteiger partial charge in [0.2, 0.25) is 0 Å². The van der Waals surface area contributed by atoms with Crippen LogP contribution in [0.3, 0.4) is 0 Å². The van der Waals surface area contributed by atoms with Gasteiger partial charge in [-0.25, -0.2) is 4.98 Å². The summed E-state index contributed by atoms with van der Waals surface area (Å²) in [7, 11) is 2.25. The summed E-state index contributed by atoms with van der Waals surface area (Å²) in [5, 5.41) is 0.669. The third-order valence-electron chi connectivity index (χ3n) is 4.49. The normalized spacial score (nSPS) is 28.2. The van der Waals surface area contributed by atoms with Crippen molar-refractivity contribution in [3.63, 3.8) is 0 Å². The zero-order chi connectivity index (χ0) is 13.4. The SMILES string of the molecule is CN1CCCC2CN(c3ncc(N)cc3Cl)CCC21. The van der Waals surface area contributed by atoms with Gasteiger partial charge in [0, 0.05) is 19.1 Å². The molecule has 104 valence electrons. The summed E-state index contributed by atoms with van der Waals surface area (Å²) in [4.78, 5) is 9.25. The van der Waals surface area contributed by atoms with Crippen LogP contribution in [-0.4, -0.2) is 42.6 Å². The van der Waals surface area contributed by atoms with Crippen molar-refractivity contribution in [1.29, 1.82) is 0 Å². The number of likely N-dealkylation sites (tertiary alicyclic amines) is 1. The van der Waals surface area contributed by atoms with E-state index in [4.69, 9.17) is 17.3 Å². The number of aromatic nitrogens is 1. The number of rotatable bonds is 1. The lowest BCUT2D eigenvalue weighted by Gasteiger charge is -2.46. The Morgan fingerprint density at radius 1 is 1.37 bits per heavy atom. The largest absolute Gasteiger partial charge is 0.397 e. The second kappa shape index (κ2) is 5.17. The predicted octanol–water partition coefficient (Wildman–Crippen LogP) is 2.24. The second-order valence-electron chi connectivity index (χ2n) is 5.76. The fraction of sp³-hybridized carbons (Fsp3) is 0.643. The van der Waals surface area contributed by atoms with E-state index in [1.807, 2.05) is 0 Å². The molecule has 2 fully saturated rings. The van der Waals surface area contributed by atoms with Crippen molar-refractivity contribution in [2.45, 2.75) is 25.3 Å². The van der Waals surface area contributed by atoms with E-state index in [0.717, 1.165) is 30.9 Å². The average molecular weight is 281 g/mol. The van der Waals surface area contributed by atoms with Gasteiger partial charge in [-0.3, -0.25) is 0 Å². The molecule has 1 aromatic heterocycles. The number of hydrogen-bond acceptors (Lipinski definition) is 4. The smallest absolute Gasteiger partial charge is 0.147 e. The van der Waals surface area contributed by atoms with Crippen molar-refractivity contribution in [1.82, 2.24) is 9.88 Å². The molecule has 1 aromatic rings. The molecule has 3 rings (SSSR count). The van der Waals surface area contributed by atoms with Gasteiger partial charge in [-0.15, -0.1) is 0 Å². The Morgan fingerprint density at radius 3 is 3.00 bits per heavy atom. The van der Waals surface area contributed by atoms with Gasteiger partial charge in [-0.2, -0.15) is 0 Å². The zero-order valence-electron chi connectivity index (χ0n) is 11.3. The lowest BCUT2D eigenvalue weighted by Crippen LogP contribution is -2.53. The highest BCUT2D eigenvalue weighted by Crippen LogP contribution is 2.34. The van der Waals surface area contributed by atoms with Crippen LogP contribution in [-0.2, 0) is 0 Å². The molecule has 0 bridgehead atoms. The van der Waals surface area contributed by atoms with Gasteiger partial charge in [-0.05, 0) is 44.8 Å². The van der Waals surface area contributed by atoms with E-state index in [2.05, 4.69) is 21.8 Å². The van der Waals surface area contributed by atoms with Crippen molar-refractivity contribution in [2.75, 3.05) is 37.3 Å². The Balaban J connectivity index is 1.77. The monoisotopic (exact) mass is 280 g/mol. The first-order chi connectivity index (χ1) is 9.15. The molecule has 2 saturated heterocycles. The average Bonchev–Trinajstić information content (AvgIpc) is 2.38. The number of nitrogens with two attached hydrogens (primary N) is 1. The number of halogens is 1. The van der Waals surface area contributed by atoms with E-state index in [1.165, 1.54) is 25.8 Å². The fourth-order valence-corrected chi connectivity index (χ4v) is 3.82. The Kier molecular flexibility index (Phi) is 3.54. The minimum atomic E-state index is 0.626. The summed E-state index contributed by atoms with van der Waals surface area (Å²) in [6.07, 6.45) is 5.51. The van der Waals surface area contributed by atoms with Crippen LogP contribution >= 0.6 is 11.6 Å². The van der Waals surface area contributed by atoms with Gasteiger partial charge >= 0.3 is 0 Å². The standard InChI is InChI=1S/C14H21ClN4/c1-18-5-2-3-10-9-19(6-4-13(10)18)14-12(15)7-11(16)8-17-14/h7-8,10,13H,2-6,9,16H2,1H3. The van der Waals surface area contributed by atoms with Crippen LogP contribution in [0.25, 0.3) is 0 Å². The van der Waals surface area contributed by atoms with Crippen molar-refractivity contribution >= 4 is 23.1 Å². The summed E-state index contributed by atoms with van der Waals surface area (Å²) in [5.41, 5.74) is 6.34. The Hall–Kier alpha value is -1.00. The Labute approximate surface area is 119 Å². The van der Waals surface area contributed by atoms with Crippen LogP contribution < -0.4 is 10.6 Å². The van der Waals surface area contributed by atoms with Crippen molar-refractivity contribution in [3.05, 3.63) is 17.3 Å². The molecule has 0 aromatic carbocycles. The van der Waals surface area contributed by atoms with Crippen molar-refractivity contribution in [3.8, 4) is 0 Å². The van der Waals surface area contributed by atoms with Crippen molar-refractivity contribution in [2.24, 2.45) is 5.92 Å². The van der Waals surface area contributed by atoms with Gasteiger partial charge in [0.25, 0.3) is 0 Å². The van der Waals surface area contributed by atoms with Gasteiger partial charge in [0.15, 0.2) is 0 Å². The highest BCUT2D eigenvalue weighted by Gasteiger charge is 2.34. The van der Waals surface area contributed by atoms with Crippen molar-refractivity contribution < 1.29 is 0 Å². The lowest BCUT2D eigenvalue weighted by atomic mass is 9.84. The fourth-order valence-electron chi connectivity index (χ4n) is 3.52. The molecule has 2 N–H and O–H groups in total. The highest BCUT2D eigenvalue weighted by atomic mass is 35.5. The number of nitrogen functional groups attached to an aromatic ring is 1. The highest BCUT2D eigenvalue weighted by molar-refractivity contribution is 6.33. The Morgan fingerprint density at radius 2 is 2.21 bits per heavy atom. The molecule has 0 amide bonds. The number of piperidine rings is 2. The topological polar surface area (TPSA) is 45.4 Å². The minimum Gasteiger partial charge on any atom is -0.397 e. The van der Waals surface area contributed by atoms with Gasteiger partial charge in [0.1, 0.15) is 5.82 Å². The molecule has 0 aliphatic carbocycles. The molecule has 3 heterocycles. The molecule has 2 atom stereocenters. The quantitative estimate of drug-likeness (QED) is 0.857. The van der Waals surface area contributed by atoms with E-state index >= 15 is 0 Å². The minimum absolute atomic E-state index is 0.626. The van der Waals surface area contributed by atoms with Crippen LogP contribution in [0, 0.1) is 5.92 Å². The maximum atomic E-state index is 6.27. The number of hydrogen-bond donors (Lipinski definition) is 1. The molecule has 0 spiro atoms. The maximum Gasteiger partial charge on any atom is 0.147 e. The molecule has 4 nitrogen and oxygen atoms in total. The third-order valence-corrected chi connectivity index (χ3v) is 4.77. The zero-order valence-corrected chi connectivity index (χ0v) is 12.1. The van der Waals surface area contributed by atoms with Gasteiger partial charge < -0.3 is 15.5 Å². The van der Waals surface area contributed by atoms with E-state index in [1.54, 1.807) is 12.3 Å². The molecular weight excluding hydrogens is 260 g/mol. The second-order valence-corrected chi connectivity index (χ2v) is 6.17. The molecule has 0 saturated carbocycles. The van der Waals surface area contributed by atoms with E-state index < -0.39 is 0 Å².